The molecule has 23 heavy (non-hydrogen) atoms. The summed E-state index contributed by atoms with van der Waals surface area (Å²) in [6.07, 6.45) is -0.122. The third-order valence-electron chi connectivity index (χ3n) is 2.80. The lowest BCUT2D eigenvalue weighted by Crippen LogP contribution is -2.21. The van der Waals surface area contributed by atoms with Crippen molar-refractivity contribution in [3.8, 4) is 0 Å². The summed E-state index contributed by atoms with van der Waals surface area (Å²) >= 11 is 11.7. The summed E-state index contributed by atoms with van der Waals surface area (Å²) in [5.74, 6) is -1.63. The lowest BCUT2D eigenvalue weighted by atomic mass is 10.1. The molecule has 0 aromatic heterocycles. The Bertz CT molecular complexity index is 737. The van der Waals surface area contributed by atoms with Crippen LogP contribution in [0, 0.1) is 5.82 Å². The molecule has 1 amide bonds. The van der Waals surface area contributed by atoms with Gasteiger partial charge in [-0.05, 0) is 35.9 Å². The number of carbonyl (C=O) groups excluding carboxylic acids is 2. The van der Waals surface area contributed by atoms with Gasteiger partial charge in [0.15, 0.2) is 6.61 Å². The summed E-state index contributed by atoms with van der Waals surface area (Å²) in [4.78, 5) is 23.4. The standard InChI is InChI=1S/C16H12Cl2FNO3/c17-11-4-5-13(18)14(8-11)20-15(21)9-23-16(22)7-10-2-1-3-12(19)6-10/h1-6,8H,7,9H2,(H,20,21). The van der Waals surface area contributed by atoms with Crippen LogP contribution in [0.15, 0.2) is 42.5 Å². The van der Waals surface area contributed by atoms with E-state index in [-0.39, 0.29) is 6.42 Å². The van der Waals surface area contributed by atoms with E-state index in [2.05, 4.69) is 5.32 Å². The largest absolute Gasteiger partial charge is 0.455 e. The number of carbonyl (C=O) groups is 2. The molecule has 7 heteroatoms. The average molecular weight is 356 g/mol. The van der Waals surface area contributed by atoms with Crippen molar-refractivity contribution in [3.63, 3.8) is 0 Å². The van der Waals surface area contributed by atoms with E-state index in [0.29, 0.717) is 21.3 Å². The molecule has 2 aromatic carbocycles. The van der Waals surface area contributed by atoms with Crippen LogP contribution in [0.4, 0.5) is 10.1 Å². The van der Waals surface area contributed by atoms with Crippen LogP contribution in [0.1, 0.15) is 5.56 Å². The highest BCUT2D eigenvalue weighted by Crippen LogP contribution is 2.25. The van der Waals surface area contributed by atoms with Crippen molar-refractivity contribution in [2.45, 2.75) is 6.42 Å². The van der Waals surface area contributed by atoms with E-state index in [1.165, 1.54) is 30.3 Å². The Labute approximate surface area is 142 Å². The molecule has 120 valence electrons. The Morgan fingerprint density at radius 2 is 1.91 bits per heavy atom. The van der Waals surface area contributed by atoms with Crippen LogP contribution in [-0.2, 0) is 20.7 Å². The number of ether oxygens (including phenoxy) is 1. The maximum atomic E-state index is 13.0. The Morgan fingerprint density at radius 3 is 2.65 bits per heavy atom. The third-order valence-corrected chi connectivity index (χ3v) is 3.37. The maximum absolute atomic E-state index is 13.0. The van der Waals surface area contributed by atoms with E-state index in [4.69, 9.17) is 27.9 Å². The molecule has 0 aliphatic heterocycles. The molecule has 4 nitrogen and oxygen atoms in total. The molecule has 2 rings (SSSR count). The fourth-order valence-corrected chi connectivity index (χ4v) is 2.13. The molecule has 0 atom stereocenters. The number of hydrogen-bond donors (Lipinski definition) is 1. The van der Waals surface area contributed by atoms with Crippen molar-refractivity contribution in [1.82, 2.24) is 0 Å². The number of hydrogen-bond acceptors (Lipinski definition) is 3. The van der Waals surface area contributed by atoms with Gasteiger partial charge in [-0.25, -0.2) is 4.39 Å². The van der Waals surface area contributed by atoms with Crippen molar-refractivity contribution in [1.29, 1.82) is 0 Å². The molecule has 0 radical (unpaired) electrons. The fraction of sp³-hybridized carbons (Fsp3) is 0.125. The molecule has 0 spiro atoms. The van der Waals surface area contributed by atoms with Crippen molar-refractivity contribution >= 4 is 40.8 Å². The number of esters is 1. The van der Waals surface area contributed by atoms with Gasteiger partial charge < -0.3 is 10.1 Å². The first-order chi connectivity index (χ1) is 10.9. The number of benzene rings is 2. The Morgan fingerprint density at radius 1 is 1.13 bits per heavy atom. The quantitative estimate of drug-likeness (QED) is 0.828. The zero-order valence-corrected chi connectivity index (χ0v) is 13.3. The molecule has 0 fully saturated rings. The van der Waals surface area contributed by atoms with Gasteiger partial charge in [-0.1, -0.05) is 35.3 Å². The lowest BCUT2D eigenvalue weighted by molar-refractivity contribution is -0.146. The van der Waals surface area contributed by atoms with Crippen molar-refractivity contribution in [2.24, 2.45) is 0 Å². The Hall–Kier alpha value is -2.11. The summed E-state index contributed by atoms with van der Waals surface area (Å²) in [6, 6.07) is 10.2. The van der Waals surface area contributed by atoms with Gasteiger partial charge in [0.1, 0.15) is 5.82 Å². The minimum atomic E-state index is -0.636. The van der Waals surface area contributed by atoms with Crippen LogP contribution in [0.25, 0.3) is 0 Å². The van der Waals surface area contributed by atoms with Gasteiger partial charge in [0.05, 0.1) is 17.1 Å². The second-order valence-electron chi connectivity index (χ2n) is 4.64. The van der Waals surface area contributed by atoms with Crippen LogP contribution < -0.4 is 5.32 Å². The predicted octanol–water partition coefficient (Wildman–Crippen LogP) is 3.86. The molecule has 0 saturated heterocycles. The SMILES string of the molecule is O=C(COC(=O)Cc1cccc(F)c1)Nc1cc(Cl)ccc1Cl. The second kappa shape index (κ2) is 7.94. The summed E-state index contributed by atoms with van der Waals surface area (Å²) in [7, 11) is 0. The van der Waals surface area contributed by atoms with E-state index < -0.39 is 24.3 Å². The molecule has 0 heterocycles. The summed E-state index contributed by atoms with van der Waals surface area (Å²) < 4.78 is 17.8. The van der Waals surface area contributed by atoms with Gasteiger partial charge in [-0.2, -0.15) is 0 Å². The van der Waals surface area contributed by atoms with Gasteiger partial charge in [0.2, 0.25) is 0 Å². The van der Waals surface area contributed by atoms with Gasteiger partial charge in [-0.15, -0.1) is 0 Å². The first kappa shape index (κ1) is 17.2. The minimum Gasteiger partial charge on any atom is -0.455 e. The highest BCUT2D eigenvalue weighted by molar-refractivity contribution is 6.35. The smallest absolute Gasteiger partial charge is 0.310 e. The molecule has 0 saturated carbocycles. The van der Waals surface area contributed by atoms with Gasteiger partial charge in [0, 0.05) is 5.02 Å². The van der Waals surface area contributed by atoms with Crippen LogP contribution in [-0.4, -0.2) is 18.5 Å². The number of halogens is 3. The summed E-state index contributed by atoms with van der Waals surface area (Å²) in [5.41, 5.74) is 0.790. The lowest BCUT2D eigenvalue weighted by Gasteiger charge is -2.08. The monoisotopic (exact) mass is 355 g/mol. The van der Waals surface area contributed by atoms with Crippen LogP contribution >= 0.6 is 23.2 Å². The van der Waals surface area contributed by atoms with Gasteiger partial charge in [-0.3, -0.25) is 9.59 Å². The van der Waals surface area contributed by atoms with Crippen molar-refractivity contribution in [3.05, 3.63) is 63.9 Å². The fourth-order valence-electron chi connectivity index (χ4n) is 1.79. The van der Waals surface area contributed by atoms with Gasteiger partial charge in [0.25, 0.3) is 5.91 Å². The molecule has 1 N–H and O–H groups in total. The molecule has 0 aliphatic rings. The van der Waals surface area contributed by atoms with Crippen molar-refractivity contribution in [2.75, 3.05) is 11.9 Å². The molecular weight excluding hydrogens is 344 g/mol. The van der Waals surface area contributed by atoms with Crippen molar-refractivity contribution < 1.29 is 18.7 Å². The molecular formula is C16H12Cl2FNO3. The Balaban J connectivity index is 1.84. The van der Waals surface area contributed by atoms with Crippen LogP contribution in [0.5, 0.6) is 0 Å². The highest BCUT2D eigenvalue weighted by atomic mass is 35.5. The maximum Gasteiger partial charge on any atom is 0.310 e. The van der Waals surface area contributed by atoms with E-state index >= 15 is 0 Å². The van der Waals surface area contributed by atoms with Gasteiger partial charge >= 0.3 is 5.97 Å². The van der Waals surface area contributed by atoms with Crippen LogP contribution in [0.2, 0.25) is 10.0 Å². The first-order valence-corrected chi connectivity index (χ1v) is 7.34. The van der Waals surface area contributed by atoms with E-state index in [0.717, 1.165) is 0 Å². The van der Waals surface area contributed by atoms with Crippen LogP contribution in [0.3, 0.4) is 0 Å². The highest BCUT2D eigenvalue weighted by Gasteiger charge is 2.11. The second-order valence-corrected chi connectivity index (χ2v) is 5.48. The van der Waals surface area contributed by atoms with E-state index in [1.54, 1.807) is 12.1 Å². The number of nitrogens with one attached hydrogen (secondary N) is 1. The minimum absolute atomic E-state index is 0.122. The molecule has 2 aromatic rings. The number of anilines is 1. The Kier molecular flexibility index (Phi) is 5.96. The summed E-state index contributed by atoms with van der Waals surface area (Å²) in [6.45, 7) is -0.475. The number of rotatable bonds is 5. The first-order valence-electron chi connectivity index (χ1n) is 6.59. The average Bonchev–Trinajstić information content (AvgIpc) is 2.49. The zero-order valence-electron chi connectivity index (χ0n) is 11.8. The molecule has 0 aliphatic carbocycles. The van der Waals surface area contributed by atoms with E-state index in [9.17, 15) is 14.0 Å². The third kappa shape index (κ3) is 5.54. The molecule has 0 bridgehead atoms. The van der Waals surface area contributed by atoms with E-state index in [1.807, 2.05) is 0 Å². The molecule has 0 unspecified atom stereocenters. The topological polar surface area (TPSA) is 55.4 Å². The predicted molar refractivity (Wildman–Crippen MR) is 86.2 cm³/mol. The zero-order chi connectivity index (χ0) is 16.8. The summed E-state index contributed by atoms with van der Waals surface area (Å²) in [5, 5.41) is 3.21. The number of amides is 1. The normalized spacial score (nSPS) is 10.2.